The molecule has 14 aromatic rings. The van der Waals surface area contributed by atoms with Crippen LogP contribution in [0.1, 0.15) is 0 Å². The van der Waals surface area contributed by atoms with Gasteiger partial charge >= 0.3 is 0 Å². The van der Waals surface area contributed by atoms with Gasteiger partial charge < -0.3 is 9.13 Å². The van der Waals surface area contributed by atoms with Crippen molar-refractivity contribution in [3.63, 3.8) is 0 Å². The summed E-state index contributed by atoms with van der Waals surface area (Å²) < 4.78 is 7.20. The lowest BCUT2D eigenvalue weighted by Gasteiger charge is -2.16. The summed E-state index contributed by atoms with van der Waals surface area (Å²) in [5, 5.41) is 6.89. The van der Waals surface area contributed by atoms with Crippen LogP contribution in [0.2, 0.25) is 0 Å². The van der Waals surface area contributed by atoms with Gasteiger partial charge in [0.05, 0.1) is 38.8 Å². The van der Waals surface area contributed by atoms with E-state index in [-0.39, 0.29) is 0 Å². The largest absolute Gasteiger partial charge is 0.309 e. The van der Waals surface area contributed by atoms with Gasteiger partial charge in [-0.2, -0.15) is 9.97 Å². The van der Waals surface area contributed by atoms with E-state index in [4.69, 9.17) is 15.0 Å². The fourth-order valence-electron chi connectivity index (χ4n) is 10.6. The SMILES string of the molecule is c1ccc(-c2ccc(-c3nc(-c4ccccc4)nc(-n4c5ccccc5c5c(-n6c7ccccc7c7ccccc76)cc6c7ccccc7n(-c7ccc(-c8ccccc8)cc7)c6c54)n3)cc2)cc1. The van der Waals surface area contributed by atoms with Gasteiger partial charge in [0.2, 0.25) is 5.95 Å². The van der Waals surface area contributed by atoms with E-state index in [9.17, 15) is 0 Å². The maximum atomic E-state index is 5.50. The van der Waals surface area contributed by atoms with E-state index in [0.717, 1.165) is 93.8 Å². The zero-order chi connectivity index (χ0) is 45.4. The molecule has 0 aliphatic carbocycles. The maximum Gasteiger partial charge on any atom is 0.238 e. The molecule has 0 aliphatic rings. The Hall–Kier alpha value is -9.39. The van der Waals surface area contributed by atoms with E-state index in [1.807, 2.05) is 24.3 Å². The first kappa shape index (κ1) is 38.8. The van der Waals surface area contributed by atoms with Crippen LogP contribution >= 0.6 is 0 Å². The number of benzene rings is 10. The summed E-state index contributed by atoms with van der Waals surface area (Å²) in [7, 11) is 0. The Kier molecular flexibility index (Phi) is 8.79. The van der Waals surface area contributed by atoms with Gasteiger partial charge in [0, 0.05) is 49.1 Å². The van der Waals surface area contributed by atoms with Gasteiger partial charge in [-0.1, -0.05) is 200 Å². The number of hydrogen-bond donors (Lipinski definition) is 0. The van der Waals surface area contributed by atoms with E-state index < -0.39 is 0 Å². The number of fused-ring (bicyclic) bond motifs is 10. The van der Waals surface area contributed by atoms with Gasteiger partial charge in [-0.25, -0.2) is 4.98 Å². The van der Waals surface area contributed by atoms with Crippen molar-refractivity contribution in [1.29, 1.82) is 0 Å². The third kappa shape index (κ3) is 6.16. The monoisotopic (exact) mass is 880 g/mol. The van der Waals surface area contributed by atoms with Crippen LogP contribution in [0.25, 0.3) is 128 Å². The topological polar surface area (TPSA) is 53.5 Å². The first-order valence-corrected chi connectivity index (χ1v) is 23.4. The van der Waals surface area contributed by atoms with Crippen molar-refractivity contribution in [2.75, 3.05) is 0 Å². The van der Waals surface area contributed by atoms with Crippen molar-refractivity contribution in [3.8, 4) is 62.4 Å². The standard InChI is InChI=1S/C63H40N6/c1-4-18-41(19-5-1)43-32-34-46(35-33-43)62-64-61(45-22-8-3-9-23-45)65-63(66-62)69-56-31-17-13-27-51(56)58-57(68-54-29-15-10-24-48(54)49-25-11-16-30-55(49)68)40-52-50-26-12-14-28-53(50)67(59(52)60(58)69)47-38-36-44(37-39-47)42-20-6-2-7-21-42/h1-40H. The fraction of sp³-hybridized carbons (Fsp3) is 0. The first-order valence-electron chi connectivity index (χ1n) is 23.4. The molecule has 0 bridgehead atoms. The Bertz CT molecular complexity index is 4210. The smallest absolute Gasteiger partial charge is 0.238 e. The van der Waals surface area contributed by atoms with E-state index in [1.54, 1.807) is 0 Å². The summed E-state index contributed by atoms with van der Waals surface area (Å²) in [6, 6.07) is 86.3. The van der Waals surface area contributed by atoms with Gasteiger partial charge in [-0.15, -0.1) is 0 Å². The van der Waals surface area contributed by atoms with Crippen LogP contribution < -0.4 is 0 Å². The lowest BCUT2D eigenvalue weighted by molar-refractivity contribution is 0.953. The highest BCUT2D eigenvalue weighted by Gasteiger charge is 2.27. The lowest BCUT2D eigenvalue weighted by atomic mass is 10.0. The van der Waals surface area contributed by atoms with Crippen LogP contribution in [0.3, 0.4) is 0 Å². The van der Waals surface area contributed by atoms with Crippen LogP contribution in [0, 0.1) is 0 Å². The van der Waals surface area contributed by atoms with Crippen LogP contribution in [0.4, 0.5) is 0 Å². The molecule has 0 aliphatic heterocycles. The van der Waals surface area contributed by atoms with Gasteiger partial charge in [-0.05, 0) is 64.7 Å². The molecule has 4 heterocycles. The molecule has 14 rings (SSSR count). The molecule has 69 heavy (non-hydrogen) atoms. The van der Waals surface area contributed by atoms with Crippen molar-refractivity contribution in [1.82, 2.24) is 28.7 Å². The summed E-state index contributed by atoms with van der Waals surface area (Å²) >= 11 is 0. The molecule has 6 nitrogen and oxygen atoms in total. The van der Waals surface area contributed by atoms with Crippen molar-refractivity contribution in [3.05, 3.63) is 243 Å². The van der Waals surface area contributed by atoms with Crippen molar-refractivity contribution >= 4 is 65.4 Å². The number of hydrogen-bond acceptors (Lipinski definition) is 3. The lowest BCUT2D eigenvalue weighted by Crippen LogP contribution is -2.07. The molecule has 0 N–H and O–H groups in total. The van der Waals surface area contributed by atoms with E-state index in [0.29, 0.717) is 17.6 Å². The molecule has 0 saturated carbocycles. The zero-order valence-corrected chi connectivity index (χ0v) is 37.3. The average Bonchev–Trinajstić information content (AvgIpc) is 4.08. The van der Waals surface area contributed by atoms with Crippen LogP contribution in [0.15, 0.2) is 243 Å². The van der Waals surface area contributed by atoms with Crippen molar-refractivity contribution in [2.24, 2.45) is 0 Å². The molecule has 6 heteroatoms. The molecule has 0 radical (unpaired) electrons. The molecule has 0 spiro atoms. The minimum atomic E-state index is 0.536. The molecule has 4 aromatic heterocycles. The van der Waals surface area contributed by atoms with Gasteiger partial charge in [0.1, 0.15) is 0 Å². The van der Waals surface area contributed by atoms with Crippen molar-refractivity contribution in [2.45, 2.75) is 0 Å². The number of aromatic nitrogens is 6. The second-order valence-electron chi connectivity index (χ2n) is 17.6. The molecular formula is C63H40N6. The predicted octanol–water partition coefficient (Wildman–Crippen LogP) is 15.8. The van der Waals surface area contributed by atoms with Crippen LogP contribution in [-0.2, 0) is 0 Å². The fourth-order valence-corrected chi connectivity index (χ4v) is 10.6. The average molecular weight is 881 g/mol. The van der Waals surface area contributed by atoms with E-state index >= 15 is 0 Å². The highest BCUT2D eigenvalue weighted by molar-refractivity contribution is 6.27. The quantitative estimate of drug-likeness (QED) is 0.160. The third-order valence-corrected chi connectivity index (χ3v) is 13.7. The Morgan fingerprint density at radius 3 is 1.17 bits per heavy atom. The van der Waals surface area contributed by atoms with E-state index in [2.05, 4.69) is 232 Å². The molecule has 0 atom stereocenters. The molecule has 322 valence electrons. The molecular weight excluding hydrogens is 841 g/mol. The Morgan fingerprint density at radius 2 is 0.638 bits per heavy atom. The second kappa shape index (κ2) is 15.6. The van der Waals surface area contributed by atoms with Crippen molar-refractivity contribution < 1.29 is 0 Å². The predicted molar refractivity (Wildman–Crippen MR) is 285 cm³/mol. The molecule has 0 saturated heterocycles. The van der Waals surface area contributed by atoms with E-state index in [1.165, 1.54) is 16.3 Å². The Morgan fingerprint density at radius 1 is 0.261 bits per heavy atom. The summed E-state index contributed by atoms with van der Waals surface area (Å²) in [6.45, 7) is 0. The minimum absolute atomic E-state index is 0.536. The third-order valence-electron chi connectivity index (χ3n) is 13.7. The molecule has 10 aromatic carbocycles. The highest BCUT2D eigenvalue weighted by Crippen LogP contribution is 2.46. The highest BCUT2D eigenvalue weighted by atomic mass is 15.2. The van der Waals surface area contributed by atoms with Crippen LogP contribution in [0.5, 0.6) is 0 Å². The Labute approximate surface area is 397 Å². The minimum Gasteiger partial charge on any atom is -0.309 e. The Balaban J connectivity index is 1.14. The molecule has 0 unspecified atom stereocenters. The normalized spacial score (nSPS) is 11.8. The summed E-state index contributed by atoms with van der Waals surface area (Å²) in [6.07, 6.45) is 0. The number of nitrogens with zero attached hydrogens (tertiary/aromatic N) is 6. The van der Waals surface area contributed by atoms with Gasteiger partial charge in [0.15, 0.2) is 11.6 Å². The van der Waals surface area contributed by atoms with Gasteiger partial charge in [-0.3, -0.25) is 4.57 Å². The van der Waals surface area contributed by atoms with Crippen LogP contribution in [-0.4, -0.2) is 28.7 Å². The maximum absolute atomic E-state index is 5.50. The summed E-state index contributed by atoms with van der Waals surface area (Å²) in [5.41, 5.74) is 15.0. The number of para-hydroxylation sites is 4. The summed E-state index contributed by atoms with van der Waals surface area (Å²) in [5.74, 6) is 1.73. The summed E-state index contributed by atoms with van der Waals surface area (Å²) in [4.78, 5) is 16.2. The zero-order valence-electron chi connectivity index (χ0n) is 37.3. The number of rotatable bonds is 7. The molecule has 0 amide bonds. The second-order valence-corrected chi connectivity index (χ2v) is 17.6. The first-order chi connectivity index (χ1) is 34.2. The molecule has 0 fully saturated rings. The van der Waals surface area contributed by atoms with Gasteiger partial charge in [0.25, 0.3) is 0 Å².